The summed E-state index contributed by atoms with van der Waals surface area (Å²) in [5.41, 5.74) is -0.709. The second-order valence-corrected chi connectivity index (χ2v) is 5.69. The molecule has 0 bridgehead atoms. The highest BCUT2D eigenvalue weighted by Gasteiger charge is 2.17. The van der Waals surface area contributed by atoms with Crippen molar-refractivity contribution in [3.05, 3.63) is 11.7 Å². The molecule has 98 valence electrons. The van der Waals surface area contributed by atoms with Crippen LogP contribution < -0.4 is 0 Å². The monoisotopic (exact) mass is 241 g/mol. The third-order valence-corrected chi connectivity index (χ3v) is 2.16. The van der Waals surface area contributed by atoms with Crippen LogP contribution in [0.4, 0.5) is 0 Å². The van der Waals surface area contributed by atoms with Crippen LogP contribution >= 0.6 is 0 Å². The van der Waals surface area contributed by atoms with Crippen molar-refractivity contribution in [3.8, 4) is 0 Å². The molecule has 1 aromatic heterocycles. The van der Waals surface area contributed by atoms with Crippen LogP contribution in [0.1, 0.15) is 39.4 Å². The summed E-state index contributed by atoms with van der Waals surface area (Å²) in [6.07, 6.45) is 0.808. The van der Waals surface area contributed by atoms with E-state index >= 15 is 0 Å². The van der Waals surface area contributed by atoms with Gasteiger partial charge in [0, 0.05) is 13.0 Å². The summed E-state index contributed by atoms with van der Waals surface area (Å²) in [6, 6.07) is 0. The zero-order valence-corrected chi connectivity index (χ0v) is 11.4. The smallest absolute Gasteiger partial charge is 0.226 e. The SMILES string of the molecule is CC(C)Cc1nc(CN(C)CC(C)(C)O)no1. The number of aliphatic hydroxyl groups is 1. The van der Waals surface area contributed by atoms with Crippen molar-refractivity contribution in [2.24, 2.45) is 5.92 Å². The van der Waals surface area contributed by atoms with Gasteiger partial charge in [-0.25, -0.2) is 0 Å². The third kappa shape index (κ3) is 5.79. The molecule has 1 aromatic rings. The molecular weight excluding hydrogens is 218 g/mol. The number of nitrogens with zero attached hydrogens (tertiary/aromatic N) is 3. The van der Waals surface area contributed by atoms with Crippen LogP contribution in [-0.4, -0.2) is 39.3 Å². The zero-order valence-electron chi connectivity index (χ0n) is 11.4. The number of likely N-dealkylation sites (N-methyl/N-ethyl adjacent to an activating group) is 1. The predicted molar refractivity (Wildman–Crippen MR) is 65.5 cm³/mol. The number of hydrogen-bond donors (Lipinski definition) is 1. The van der Waals surface area contributed by atoms with Crippen molar-refractivity contribution in [3.63, 3.8) is 0 Å². The standard InChI is InChI=1S/C12H23N3O2/c1-9(2)6-11-13-10(14-17-11)7-15(5)8-12(3,4)16/h9,16H,6-8H2,1-5H3. The van der Waals surface area contributed by atoms with Crippen molar-refractivity contribution < 1.29 is 9.63 Å². The van der Waals surface area contributed by atoms with Gasteiger partial charge in [0.15, 0.2) is 5.82 Å². The van der Waals surface area contributed by atoms with Crippen molar-refractivity contribution in [2.45, 2.75) is 46.3 Å². The Bertz CT molecular complexity index is 342. The van der Waals surface area contributed by atoms with Crippen LogP contribution in [0.25, 0.3) is 0 Å². The minimum absolute atomic E-state index is 0.511. The topological polar surface area (TPSA) is 62.4 Å². The van der Waals surface area contributed by atoms with Gasteiger partial charge in [-0.1, -0.05) is 19.0 Å². The molecular formula is C12H23N3O2. The van der Waals surface area contributed by atoms with E-state index in [-0.39, 0.29) is 0 Å². The van der Waals surface area contributed by atoms with E-state index in [0.717, 1.165) is 6.42 Å². The molecule has 0 amide bonds. The fraction of sp³-hybridized carbons (Fsp3) is 0.833. The first-order valence-corrected chi connectivity index (χ1v) is 5.98. The Morgan fingerprint density at radius 1 is 1.41 bits per heavy atom. The highest BCUT2D eigenvalue weighted by molar-refractivity contribution is 4.87. The Balaban J connectivity index is 2.49. The average Bonchev–Trinajstić information content (AvgIpc) is 2.46. The molecule has 0 saturated carbocycles. The fourth-order valence-electron chi connectivity index (χ4n) is 1.74. The lowest BCUT2D eigenvalue weighted by atomic mass is 10.1. The Morgan fingerprint density at radius 3 is 2.59 bits per heavy atom. The molecule has 1 rings (SSSR count). The third-order valence-electron chi connectivity index (χ3n) is 2.16. The van der Waals surface area contributed by atoms with E-state index in [0.29, 0.717) is 30.7 Å². The van der Waals surface area contributed by atoms with Crippen LogP contribution in [0.3, 0.4) is 0 Å². The van der Waals surface area contributed by atoms with E-state index in [2.05, 4.69) is 24.0 Å². The van der Waals surface area contributed by atoms with Gasteiger partial charge in [-0.05, 0) is 26.8 Å². The summed E-state index contributed by atoms with van der Waals surface area (Å²) >= 11 is 0. The van der Waals surface area contributed by atoms with E-state index < -0.39 is 5.60 Å². The molecule has 0 aromatic carbocycles. The molecule has 0 fully saturated rings. The Hall–Kier alpha value is -0.940. The summed E-state index contributed by atoms with van der Waals surface area (Å²) < 4.78 is 5.16. The van der Waals surface area contributed by atoms with Crippen molar-refractivity contribution in [1.82, 2.24) is 15.0 Å². The molecule has 1 heterocycles. The molecule has 5 nitrogen and oxygen atoms in total. The van der Waals surface area contributed by atoms with E-state index in [1.165, 1.54) is 0 Å². The second-order valence-electron chi connectivity index (χ2n) is 5.69. The summed E-state index contributed by atoms with van der Waals surface area (Å²) in [5.74, 6) is 1.87. The molecule has 0 aliphatic rings. The van der Waals surface area contributed by atoms with E-state index in [1.54, 1.807) is 13.8 Å². The first-order valence-electron chi connectivity index (χ1n) is 5.98. The molecule has 0 aliphatic heterocycles. The first kappa shape index (κ1) is 14.1. The maximum absolute atomic E-state index is 9.68. The highest BCUT2D eigenvalue weighted by Crippen LogP contribution is 2.09. The molecule has 1 N–H and O–H groups in total. The van der Waals surface area contributed by atoms with E-state index in [1.807, 2.05) is 11.9 Å². The average molecular weight is 241 g/mol. The van der Waals surface area contributed by atoms with Gasteiger partial charge in [0.2, 0.25) is 5.89 Å². The van der Waals surface area contributed by atoms with Crippen LogP contribution in [0, 0.1) is 5.92 Å². The zero-order chi connectivity index (χ0) is 13.1. The number of hydrogen-bond acceptors (Lipinski definition) is 5. The summed E-state index contributed by atoms with van der Waals surface area (Å²) in [7, 11) is 1.93. The van der Waals surface area contributed by atoms with Gasteiger partial charge < -0.3 is 9.63 Å². The van der Waals surface area contributed by atoms with Gasteiger partial charge in [-0.15, -0.1) is 0 Å². The molecule has 5 heteroatoms. The van der Waals surface area contributed by atoms with Crippen LogP contribution in [0.5, 0.6) is 0 Å². The summed E-state index contributed by atoms with van der Waals surface area (Å²) in [6.45, 7) is 8.95. The number of rotatable bonds is 6. The van der Waals surface area contributed by atoms with Crippen LogP contribution in [0.2, 0.25) is 0 Å². The van der Waals surface area contributed by atoms with Gasteiger partial charge in [0.25, 0.3) is 0 Å². The Labute approximate surface area is 103 Å². The lowest BCUT2D eigenvalue weighted by Gasteiger charge is -2.24. The fourth-order valence-corrected chi connectivity index (χ4v) is 1.74. The molecule has 0 aliphatic carbocycles. The molecule has 0 spiro atoms. The van der Waals surface area contributed by atoms with E-state index in [9.17, 15) is 5.11 Å². The maximum atomic E-state index is 9.68. The first-order chi connectivity index (χ1) is 7.76. The van der Waals surface area contributed by atoms with Crippen LogP contribution in [-0.2, 0) is 13.0 Å². The minimum atomic E-state index is -0.709. The second kappa shape index (κ2) is 5.60. The lowest BCUT2D eigenvalue weighted by molar-refractivity contribution is 0.0416. The van der Waals surface area contributed by atoms with Gasteiger partial charge >= 0.3 is 0 Å². The van der Waals surface area contributed by atoms with Crippen molar-refractivity contribution in [2.75, 3.05) is 13.6 Å². The molecule has 17 heavy (non-hydrogen) atoms. The predicted octanol–water partition coefficient (Wildman–Crippen LogP) is 1.47. The number of aromatic nitrogens is 2. The molecule has 0 saturated heterocycles. The molecule has 0 atom stereocenters. The Morgan fingerprint density at radius 2 is 2.06 bits per heavy atom. The summed E-state index contributed by atoms with van der Waals surface area (Å²) in [4.78, 5) is 6.30. The lowest BCUT2D eigenvalue weighted by Crippen LogP contribution is -2.36. The van der Waals surface area contributed by atoms with Crippen LogP contribution in [0.15, 0.2) is 4.52 Å². The largest absolute Gasteiger partial charge is 0.389 e. The van der Waals surface area contributed by atoms with Gasteiger partial charge in [0.05, 0.1) is 12.1 Å². The highest BCUT2D eigenvalue weighted by atomic mass is 16.5. The Kier molecular flexibility index (Phi) is 4.65. The van der Waals surface area contributed by atoms with Gasteiger partial charge in [-0.3, -0.25) is 4.90 Å². The minimum Gasteiger partial charge on any atom is -0.389 e. The quantitative estimate of drug-likeness (QED) is 0.817. The molecule has 0 radical (unpaired) electrons. The van der Waals surface area contributed by atoms with Gasteiger partial charge in [-0.2, -0.15) is 4.98 Å². The summed E-state index contributed by atoms with van der Waals surface area (Å²) in [5, 5.41) is 13.6. The maximum Gasteiger partial charge on any atom is 0.226 e. The van der Waals surface area contributed by atoms with Crippen molar-refractivity contribution in [1.29, 1.82) is 0 Å². The van der Waals surface area contributed by atoms with E-state index in [4.69, 9.17) is 4.52 Å². The van der Waals surface area contributed by atoms with Crippen molar-refractivity contribution >= 4 is 0 Å². The normalized spacial score (nSPS) is 12.7. The van der Waals surface area contributed by atoms with Gasteiger partial charge in [0.1, 0.15) is 0 Å². The molecule has 0 unspecified atom stereocenters.